The van der Waals surface area contributed by atoms with Gasteiger partial charge in [0.25, 0.3) is 5.91 Å². The highest BCUT2D eigenvalue weighted by atomic mass is 16.6. The lowest BCUT2D eigenvalue weighted by molar-refractivity contribution is 0.0755. The number of para-hydroxylation sites is 1. The van der Waals surface area contributed by atoms with E-state index in [1.165, 1.54) is 16.3 Å². The van der Waals surface area contributed by atoms with Crippen molar-refractivity contribution in [2.45, 2.75) is 39.2 Å². The summed E-state index contributed by atoms with van der Waals surface area (Å²) in [6, 6.07) is 15.9. The Kier molecular flexibility index (Phi) is 6.51. The summed E-state index contributed by atoms with van der Waals surface area (Å²) < 4.78 is 10.7. The standard InChI is InChI=1S/C27H28N4O3/c1-19-25(30-34-29-19)18-33-26-10-3-2-9-23(26)27(32)31-14-5-6-20(12-15-31)16-22-8-4-7-21-11-13-28-17-24(21)22/h2-4,7-11,13,17,20H,5-6,12,14-16,18H2,1H3/t20-/m1/s1. The Balaban J connectivity index is 1.25. The van der Waals surface area contributed by atoms with Crippen LogP contribution in [0.15, 0.2) is 65.6 Å². The number of nitrogens with zero attached hydrogens (tertiary/aromatic N) is 4. The van der Waals surface area contributed by atoms with Crippen LogP contribution in [0.5, 0.6) is 5.75 Å². The lowest BCUT2D eigenvalue weighted by Crippen LogP contribution is -2.32. The maximum Gasteiger partial charge on any atom is 0.257 e. The molecule has 0 bridgehead atoms. The number of hydrogen-bond donors (Lipinski definition) is 0. The molecule has 1 aliphatic rings. The molecular weight excluding hydrogens is 428 g/mol. The van der Waals surface area contributed by atoms with Crippen LogP contribution in [-0.2, 0) is 13.0 Å². The van der Waals surface area contributed by atoms with Crippen molar-refractivity contribution < 1.29 is 14.2 Å². The average molecular weight is 457 g/mol. The third-order valence-corrected chi connectivity index (χ3v) is 6.65. The first-order valence-electron chi connectivity index (χ1n) is 11.8. The van der Waals surface area contributed by atoms with Crippen molar-refractivity contribution in [2.75, 3.05) is 13.1 Å². The number of likely N-dealkylation sites (tertiary alicyclic amines) is 1. The molecule has 1 fully saturated rings. The largest absolute Gasteiger partial charge is 0.486 e. The zero-order valence-electron chi connectivity index (χ0n) is 19.3. The van der Waals surface area contributed by atoms with Crippen LogP contribution in [0.3, 0.4) is 0 Å². The summed E-state index contributed by atoms with van der Waals surface area (Å²) in [6.07, 6.45) is 7.89. The Morgan fingerprint density at radius 1 is 1.09 bits per heavy atom. The van der Waals surface area contributed by atoms with Gasteiger partial charge < -0.3 is 9.64 Å². The Morgan fingerprint density at radius 2 is 2.00 bits per heavy atom. The monoisotopic (exact) mass is 456 g/mol. The molecule has 7 heteroatoms. The van der Waals surface area contributed by atoms with Crippen LogP contribution in [0.25, 0.3) is 10.8 Å². The number of carbonyl (C=O) groups is 1. The van der Waals surface area contributed by atoms with Crippen LogP contribution >= 0.6 is 0 Å². The molecule has 1 saturated heterocycles. The average Bonchev–Trinajstić information content (AvgIpc) is 3.14. The fourth-order valence-corrected chi connectivity index (χ4v) is 4.70. The van der Waals surface area contributed by atoms with Crippen molar-refractivity contribution in [3.05, 3.63) is 83.4 Å². The van der Waals surface area contributed by atoms with E-state index in [2.05, 4.69) is 39.6 Å². The lowest BCUT2D eigenvalue weighted by Gasteiger charge is -2.22. The lowest BCUT2D eigenvalue weighted by atomic mass is 9.91. The number of benzene rings is 2. The molecule has 2 aromatic carbocycles. The van der Waals surface area contributed by atoms with Gasteiger partial charge in [0.1, 0.15) is 23.7 Å². The van der Waals surface area contributed by atoms with Crippen LogP contribution in [0.4, 0.5) is 0 Å². The first-order valence-corrected chi connectivity index (χ1v) is 11.8. The molecule has 0 N–H and O–H groups in total. The van der Waals surface area contributed by atoms with Gasteiger partial charge in [-0.1, -0.05) is 40.6 Å². The number of rotatable bonds is 6. The zero-order valence-corrected chi connectivity index (χ0v) is 19.3. The number of carbonyl (C=O) groups excluding carboxylic acids is 1. The molecule has 34 heavy (non-hydrogen) atoms. The molecule has 2 aromatic heterocycles. The van der Waals surface area contributed by atoms with Crippen molar-refractivity contribution in [1.82, 2.24) is 20.2 Å². The first kappa shape index (κ1) is 22.1. The van der Waals surface area contributed by atoms with Crippen LogP contribution in [0.2, 0.25) is 0 Å². The van der Waals surface area contributed by atoms with E-state index < -0.39 is 0 Å². The summed E-state index contributed by atoms with van der Waals surface area (Å²) >= 11 is 0. The van der Waals surface area contributed by atoms with Crippen molar-refractivity contribution in [3.8, 4) is 5.75 Å². The number of fused-ring (bicyclic) bond motifs is 1. The highest BCUT2D eigenvalue weighted by Gasteiger charge is 2.24. The molecule has 0 unspecified atom stereocenters. The second kappa shape index (κ2) is 10.0. The first-order chi connectivity index (χ1) is 16.7. The van der Waals surface area contributed by atoms with E-state index in [0.717, 1.165) is 38.8 Å². The predicted octanol–water partition coefficient (Wildman–Crippen LogP) is 4.99. The van der Waals surface area contributed by atoms with Gasteiger partial charge >= 0.3 is 0 Å². The highest BCUT2D eigenvalue weighted by molar-refractivity contribution is 5.97. The van der Waals surface area contributed by atoms with Gasteiger partial charge in [-0.25, -0.2) is 4.63 Å². The zero-order chi connectivity index (χ0) is 23.3. The van der Waals surface area contributed by atoms with Gasteiger partial charge in [0.05, 0.1) is 5.56 Å². The van der Waals surface area contributed by atoms with E-state index in [-0.39, 0.29) is 12.5 Å². The molecule has 0 radical (unpaired) electrons. The van der Waals surface area contributed by atoms with Crippen LogP contribution in [-0.4, -0.2) is 39.2 Å². The second-order valence-corrected chi connectivity index (χ2v) is 8.89. The number of pyridine rings is 1. The number of aryl methyl sites for hydroxylation is 1. The minimum Gasteiger partial charge on any atom is -0.486 e. The van der Waals surface area contributed by atoms with Crippen LogP contribution in [0.1, 0.15) is 46.6 Å². The SMILES string of the molecule is Cc1nonc1COc1ccccc1C(=O)N1CCC[C@@H](Cc2cccc3ccncc23)CC1. The molecule has 1 amide bonds. The molecular formula is C27H28N4O3. The fourth-order valence-electron chi connectivity index (χ4n) is 4.70. The molecule has 1 atom stereocenters. The molecule has 0 spiro atoms. The molecule has 0 aliphatic carbocycles. The van der Waals surface area contributed by atoms with Crippen LogP contribution < -0.4 is 4.74 Å². The Hall–Kier alpha value is -3.74. The molecule has 5 rings (SSSR count). The van der Waals surface area contributed by atoms with Crippen LogP contribution in [0, 0.1) is 12.8 Å². The van der Waals surface area contributed by atoms with E-state index >= 15 is 0 Å². The predicted molar refractivity (Wildman–Crippen MR) is 129 cm³/mol. The summed E-state index contributed by atoms with van der Waals surface area (Å²) in [5.41, 5.74) is 3.23. The van der Waals surface area contributed by atoms with Gasteiger partial charge in [-0.15, -0.1) is 0 Å². The minimum atomic E-state index is 0.0145. The molecule has 174 valence electrons. The third-order valence-electron chi connectivity index (χ3n) is 6.65. The number of hydrogen-bond acceptors (Lipinski definition) is 6. The molecule has 7 nitrogen and oxygen atoms in total. The van der Waals surface area contributed by atoms with Gasteiger partial charge in [0.2, 0.25) is 0 Å². The fraction of sp³-hybridized carbons (Fsp3) is 0.333. The maximum atomic E-state index is 13.4. The molecule has 1 aliphatic heterocycles. The summed E-state index contributed by atoms with van der Waals surface area (Å²) in [5.74, 6) is 1.11. The van der Waals surface area contributed by atoms with Crippen molar-refractivity contribution in [2.24, 2.45) is 5.92 Å². The van der Waals surface area contributed by atoms with Gasteiger partial charge in [-0.05, 0) is 67.7 Å². The van der Waals surface area contributed by atoms with Gasteiger partial charge in [0, 0.05) is 30.9 Å². The van der Waals surface area contributed by atoms with E-state index in [4.69, 9.17) is 9.37 Å². The summed E-state index contributed by atoms with van der Waals surface area (Å²) in [7, 11) is 0. The Morgan fingerprint density at radius 3 is 2.88 bits per heavy atom. The number of ether oxygens (including phenoxy) is 1. The third kappa shape index (κ3) is 4.78. The van der Waals surface area contributed by atoms with E-state index in [1.807, 2.05) is 48.5 Å². The van der Waals surface area contributed by atoms with E-state index in [1.54, 1.807) is 0 Å². The molecule has 4 aromatic rings. The second-order valence-electron chi connectivity index (χ2n) is 8.89. The topological polar surface area (TPSA) is 81.3 Å². The summed E-state index contributed by atoms with van der Waals surface area (Å²) in [4.78, 5) is 19.7. The molecule has 3 heterocycles. The highest BCUT2D eigenvalue weighted by Crippen LogP contribution is 2.28. The number of aromatic nitrogens is 3. The van der Waals surface area contributed by atoms with E-state index in [0.29, 0.717) is 28.6 Å². The van der Waals surface area contributed by atoms with Crippen molar-refractivity contribution in [1.29, 1.82) is 0 Å². The minimum absolute atomic E-state index is 0.0145. The number of amides is 1. The normalized spacial score (nSPS) is 16.4. The Labute approximate surface area is 198 Å². The van der Waals surface area contributed by atoms with Crippen molar-refractivity contribution >= 4 is 16.7 Å². The smallest absolute Gasteiger partial charge is 0.257 e. The van der Waals surface area contributed by atoms with Crippen molar-refractivity contribution in [3.63, 3.8) is 0 Å². The van der Waals surface area contributed by atoms with Gasteiger partial charge in [-0.2, -0.15) is 0 Å². The Bertz CT molecular complexity index is 1280. The quantitative estimate of drug-likeness (QED) is 0.407. The molecule has 0 saturated carbocycles. The van der Waals surface area contributed by atoms with Gasteiger partial charge in [-0.3, -0.25) is 9.78 Å². The maximum absolute atomic E-state index is 13.4. The summed E-state index contributed by atoms with van der Waals surface area (Å²) in [5, 5.41) is 10.1. The van der Waals surface area contributed by atoms with E-state index in [9.17, 15) is 4.79 Å². The summed E-state index contributed by atoms with van der Waals surface area (Å²) in [6.45, 7) is 3.52. The van der Waals surface area contributed by atoms with Gasteiger partial charge in [0.15, 0.2) is 0 Å².